The molecule has 2 aromatic rings. The van der Waals surface area contributed by atoms with Gasteiger partial charge < -0.3 is 29.2 Å². The van der Waals surface area contributed by atoms with Crippen LogP contribution >= 0.6 is 0 Å². The number of nitrogens with zero attached hydrogens (tertiary/aromatic N) is 4. The van der Waals surface area contributed by atoms with Crippen molar-refractivity contribution in [3.63, 3.8) is 0 Å². The molecule has 2 saturated heterocycles. The highest BCUT2D eigenvalue weighted by Crippen LogP contribution is 2.34. The Morgan fingerprint density at radius 1 is 1.15 bits per heavy atom. The SMILES string of the molecule is COc1cc(N2CCC(=O)N(CC(=O)NCCN3CCCCC3)CC2)ccc1-c1cnc(C)o1. The summed E-state index contributed by atoms with van der Waals surface area (Å²) in [6.45, 7) is 7.39. The quantitative estimate of drug-likeness (QED) is 0.634. The molecule has 0 bridgehead atoms. The molecule has 9 heteroatoms. The number of hydrogen-bond acceptors (Lipinski definition) is 7. The molecule has 2 amide bonds. The van der Waals surface area contributed by atoms with Crippen molar-refractivity contribution in [2.24, 2.45) is 0 Å². The van der Waals surface area contributed by atoms with E-state index in [1.165, 1.54) is 19.3 Å². The van der Waals surface area contributed by atoms with E-state index in [0.717, 1.165) is 30.9 Å². The second-order valence-electron chi connectivity index (χ2n) is 8.93. The average Bonchev–Trinajstić information content (AvgIpc) is 3.20. The van der Waals surface area contributed by atoms with E-state index in [0.29, 0.717) is 50.0 Å². The fourth-order valence-corrected chi connectivity index (χ4v) is 4.62. The number of rotatable bonds is 8. The van der Waals surface area contributed by atoms with Crippen LogP contribution in [0.3, 0.4) is 0 Å². The lowest BCUT2D eigenvalue weighted by Gasteiger charge is -2.26. The summed E-state index contributed by atoms with van der Waals surface area (Å²) in [7, 11) is 1.63. The molecule has 0 atom stereocenters. The molecule has 4 rings (SSSR count). The maximum Gasteiger partial charge on any atom is 0.239 e. The standard InChI is InChI=1S/C25H35N5O4/c1-19-27-17-23(34-19)21-7-6-20(16-22(21)33-2)29-12-8-25(32)30(15-14-29)18-24(31)26-9-13-28-10-4-3-5-11-28/h6-7,16-17H,3-5,8-15,18H2,1-2H3,(H,26,31). The first-order valence-electron chi connectivity index (χ1n) is 12.2. The fraction of sp³-hybridized carbons (Fsp3) is 0.560. The number of carbonyl (C=O) groups excluding carboxylic acids is 2. The monoisotopic (exact) mass is 469 g/mol. The Balaban J connectivity index is 1.31. The average molecular weight is 470 g/mol. The van der Waals surface area contributed by atoms with Gasteiger partial charge in [-0.1, -0.05) is 6.42 Å². The van der Waals surface area contributed by atoms with Crippen molar-refractivity contribution in [3.8, 4) is 17.1 Å². The van der Waals surface area contributed by atoms with Crippen molar-refractivity contribution in [1.82, 2.24) is 20.1 Å². The van der Waals surface area contributed by atoms with Crippen molar-refractivity contribution in [3.05, 3.63) is 30.3 Å². The number of nitrogens with one attached hydrogen (secondary N) is 1. The predicted molar refractivity (Wildman–Crippen MR) is 130 cm³/mol. The maximum atomic E-state index is 12.7. The first-order chi connectivity index (χ1) is 16.5. The molecule has 2 fully saturated rings. The van der Waals surface area contributed by atoms with Crippen LogP contribution in [0.4, 0.5) is 5.69 Å². The summed E-state index contributed by atoms with van der Waals surface area (Å²) in [5, 5.41) is 2.98. The van der Waals surface area contributed by atoms with E-state index in [-0.39, 0.29) is 18.4 Å². The molecule has 2 aliphatic rings. The van der Waals surface area contributed by atoms with E-state index in [1.54, 1.807) is 25.1 Å². The summed E-state index contributed by atoms with van der Waals surface area (Å²) in [5.74, 6) is 1.86. The van der Waals surface area contributed by atoms with Gasteiger partial charge in [0.2, 0.25) is 11.8 Å². The number of methoxy groups -OCH3 is 1. The highest BCUT2D eigenvalue weighted by atomic mass is 16.5. The van der Waals surface area contributed by atoms with Crippen LogP contribution in [0.2, 0.25) is 0 Å². The zero-order valence-corrected chi connectivity index (χ0v) is 20.2. The van der Waals surface area contributed by atoms with Gasteiger partial charge in [-0.3, -0.25) is 9.59 Å². The number of aromatic nitrogens is 1. The third-order valence-corrected chi connectivity index (χ3v) is 6.56. The van der Waals surface area contributed by atoms with Crippen LogP contribution in [-0.2, 0) is 9.59 Å². The zero-order chi connectivity index (χ0) is 23.9. The Morgan fingerprint density at radius 3 is 2.71 bits per heavy atom. The topological polar surface area (TPSA) is 91.2 Å². The number of ether oxygens (including phenoxy) is 1. The Morgan fingerprint density at radius 2 is 1.97 bits per heavy atom. The highest BCUT2D eigenvalue weighted by molar-refractivity contribution is 5.85. The van der Waals surface area contributed by atoms with Crippen LogP contribution in [0.15, 0.2) is 28.8 Å². The minimum Gasteiger partial charge on any atom is -0.496 e. The Kier molecular flexibility index (Phi) is 8.05. The highest BCUT2D eigenvalue weighted by Gasteiger charge is 2.24. The molecule has 0 radical (unpaired) electrons. The number of oxazole rings is 1. The Hall–Kier alpha value is -3.07. The summed E-state index contributed by atoms with van der Waals surface area (Å²) in [6, 6.07) is 5.91. The molecule has 9 nitrogen and oxygen atoms in total. The molecule has 0 spiro atoms. The normalized spacial score (nSPS) is 17.5. The van der Waals surface area contributed by atoms with E-state index in [2.05, 4.69) is 20.1 Å². The van der Waals surface area contributed by atoms with Gasteiger partial charge in [-0.05, 0) is 38.1 Å². The molecule has 0 aliphatic carbocycles. The van der Waals surface area contributed by atoms with Crippen molar-refractivity contribution in [2.75, 3.05) is 64.4 Å². The fourth-order valence-electron chi connectivity index (χ4n) is 4.62. The van der Waals surface area contributed by atoms with Gasteiger partial charge in [0.1, 0.15) is 5.75 Å². The molecule has 1 aromatic carbocycles. The van der Waals surface area contributed by atoms with Gasteiger partial charge in [-0.25, -0.2) is 4.98 Å². The van der Waals surface area contributed by atoms with E-state index < -0.39 is 0 Å². The van der Waals surface area contributed by atoms with E-state index in [1.807, 2.05) is 18.2 Å². The molecule has 0 saturated carbocycles. The van der Waals surface area contributed by atoms with Crippen LogP contribution in [0.5, 0.6) is 5.75 Å². The van der Waals surface area contributed by atoms with Gasteiger partial charge >= 0.3 is 0 Å². The number of amides is 2. The molecule has 34 heavy (non-hydrogen) atoms. The minimum absolute atomic E-state index is 0.00870. The molecular weight excluding hydrogens is 434 g/mol. The number of likely N-dealkylation sites (tertiary alicyclic amines) is 1. The molecule has 1 N–H and O–H groups in total. The van der Waals surface area contributed by atoms with Crippen LogP contribution in [0.25, 0.3) is 11.3 Å². The Labute approximate surface area is 201 Å². The molecule has 3 heterocycles. The molecule has 1 aromatic heterocycles. The van der Waals surface area contributed by atoms with Gasteiger partial charge in [-0.2, -0.15) is 0 Å². The lowest BCUT2D eigenvalue weighted by atomic mass is 10.1. The van der Waals surface area contributed by atoms with Gasteiger partial charge in [0, 0.05) is 57.8 Å². The second kappa shape index (κ2) is 11.4. The van der Waals surface area contributed by atoms with Crippen molar-refractivity contribution in [2.45, 2.75) is 32.6 Å². The van der Waals surface area contributed by atoms with Crippen LogP contribution < -0.4 is 15.0 Å². The number of piperidine rings is 1. The van der Waals surface area contributed by atoms with Gasteiger partial charge in [0.15, 0.2) is 11.7 Å². The number of hydrogen-bond donors (Lipinski definition) is 1. The first-order valence-corrected chi connectivity index (χ1v) is 12.2. The molecule has 2 aliphatic heterocycles. The summed E-state index contributed by atoms with van der Waals surface area (Å²) >= 11 is 0. The minimum atomic E-state index is -0.0906. The number of anilines is 1. The summed E-state index contributed by atoms with van der Waals surface area (Å²) in [6.07, 6.45) is 5.83. The molecular formula is C25H35N5O4. The second-order valence-corrected chi connectivity index (χ2v) is 8.93. The van der Waals surface area contributed by atoms with Crippen molar-refractivity contribution >= 4 is 17.5 Å². The number of benzene rings is 1. The third kappa shape index (κ3) is 6.08. The lowest BCUT2D eigenvalue weighted by Crippen LogP contribution is -2.44. The molecule has 0 unspecified atom stereocenters. The summed E-state index contributed by atoms with van der Waals surface area (Å²) in [4.78, 5) is 35.5. The van der Waals surface area contributed by atoms with Crippen molar-refractivity contribution in [1.29, 1.82) is 0 Å². The number of aryl methyl sites for hydroxylation is 1. The van der Waals surface area contributed by atoms with Gasteiger partial charge in [-0.15, -0.1) is 0 Å². The van der Waals surface area contributed by atoms with Crippen LogP contribution in [0, 0.1) is 6.92 Å². The van der Waals surface area contributed by atoms with Gasteiger partial charge in [0.25, 0.3) is 0 Å². The van der Waals surface area contributed by atoms with Crippen LogP contribution in [0.1, 0.15) is 31.6 Å². The molecule has 184 valence electrons. The maximum absolute atomic E-state index is 12.7. The Bertz CT molecular complexity index is 985. The zero-order valence-electron chi connectivity index (χ0n) is 20.2. The van der Waals surface area contributed by atoms with E-state index in [4.69, 9.17) is 9.15 Å². The third-order valence-electron chi connectivity index (χ3n) is 6.56. The first kappa shape index (κ1) is 24.1. The predicted octanol–water partition coefficient (Wildman–Crippen LogP) is 2.30. The number of carbonyl (C=O) groups is 2. The largest absolute Gasteiger partial charge is 0.496 e. The van der Waals surface area contributed by atoms with Crippen LogP contribution in [-0.4, -0.2) is 86.1 Å². The van der Waals surface area contributed by atoms with Gasteiger partial charge in [0.05, 0.1) is 25.4 Å². The summed E-state index contributed by atoms with van der Waals surface area (Å²) in [5.41, 5.74) is 1.80. The van der Waals surface area contributed by atoms with E-state index >= 15 is 0 Å². The van der Waals surface area contributed by atoms with Crippen molar-refractivity contribution < 1.29 is 18.7 Å². The van der Waals surface area contributed by atoms with E-state index in [9.17, 15) is 9.59 Å². The summed E-state index contributed by atoms with van der Waals surface area (Å²) < 4.78 is 11.2. The lowest BCUT2D eigenvalue weighted by molar-refractivity contribution is -0.135. The smallest absolute Gasteiger partial charge is 0.239 e.